The number of rotatable bonds is 5. The van der Waals surface area contributed by atoms with Gasteiger partial charge in [0.25, 0.3) is 0 Å². The molecule has 0 aliphatic rings. The van der Waals surface area contributed by atoms with E-state index in [1.807, 2.05) is 0 Å². The van der Waals surface area contributed by atoms with Gasteiger partial charge in [0.15, 0.2) is 5.60 Å². The van der Waals surface area contributed by atoms with Crippen LogP contribution in [-0.2, 0) is 14.4 Å². The van der Waals surface area contributed by atoms with Crippen molar-refractivity contribution < 1.29 is 64.4 Å². The molecule has 0 spiro atoms. The van der Waals surface area contributed by atoms with Crippen LogP contribution in [0.3, 0.4) is 0 Å². The molecular formula is C6H8NaO7+. The molecule has 0 saturated heterocycles. The van der Waals surface area contributed by atoms with Gasteiger partial charge in [0, 0.05) is 0 Å². The fourth-order valence-corrected chi connectivity index (χ4v) is 0.714. The molecule has 0 aliphatic carbocycles. The molecule has 0 aromatic rings. The molecule has 0 atom stereocenters. The van der Waals surface area contributed by atoms with Crippen LogP contribution in [0.4, 0.5) is 0 Å². The van der Waals surface area contributed by atoms with Crippen molar-refractivity contribution in [2.24, 2.45) is 0 Å². The summed E-state index contributed by atoms with van der Waals surface area (Å²) in [6, 6.07) is 0. The first-order chi connectivity index (χ1) is 5.78. The number of carboxylic acids is 3. The third-order valence-corrected chi connectivity index (χ3v) is 1.29. The Kier molecular flexibility index (Phi) is 6.75. The molecule has 0 radical (unpaired) electrons. The number of carboxylic acid groups (broad SMARTS) is 3. The Labute approximate surface area is 101 Å². The maximum absolute atomic E-state index is 10.3. The molecule has 74 valence electrons. The van der Waals surface area contributed by atoms with Crippen LogP contribution in [0, 0.1) is 0 Å². The Morgan fingerprint density at radius 2 is 1.21 bits per heavy atom. The number of aliphatic hydroxyl groups is 1. The summed E-state index contributed by atoms with van der Waals surface area (Å²) in [5.41, 5.74) is -2.74. The van der Waals surface area contributed by atoms with Gasteiger partial charge in [-0.25, -0.2) is 4.79 Å². The van der Waals surface area contributed by atoms with Crippen molar-refractivity contribution in [1.82, 2.24) is 0 Å². The van der Waals surface area contributed by atoms with Crippen molar-refractivity contribution in [3.8, 4) is 0 Å². The molecule has 0 aliphatic heterocycles. The van der Waals surface area contributed by atoms with Crippen LogP contribution in [0.1, 0.15) is 12.8 Å². The van der Waals surface area contributed by atoms with Gasteiger partial charge in [-0.2, -0.15) is 0 Å². The van der Waals surface area contributed by atoms with Gasteiger partial charge in [-0.05, 0) is 0 Å². The third kappa shape index (κ3) is 5.18. The van der Waals surface area contributed by atoms with E-state index in [9.17, 15) is 14.4 Å². The number of hydrogen-bond donors (Lipinski definition) is 4. The van der Waals surface area contributed by atoms with Crippen LogP contribution in [-0.4, -0.2) is 43.9 Å². The molecule has 0 aromatic carbocycles. The molecule has 0 aromatic heterocycles. The van der Waals surface area contributed by atoms with Gasteiger partial charge in [0.1, 0.15) is 0 Å². The zero-order valence-corrected chi connectivity index (χ0v) is 9.43. The molecule has 0 amide bonds. The Balaban J connectivity index is 0. The van der Waals surface area contributed by atoms with E-state index in [1.165, 1.54) is 0 Å². The predicted octanol–water partition coefficient (Wildman–Crippen LogP) is -4.24. The van der Waals surface area contributed by atoms with E-state index >= 15 is 0 Å². The van der Waals surface area contributed by atoms with Crippen molar-refractivity contribution in [3.63, 3.8) is 0 Å². The van der Waals surface area contributed by atoms with E-state index < -0.39 is 36.4 Å². The zero-order chi connectivity index (χ0) is 10.6. The zero-order valence-electron chi connectivity index (χ0n) is 7.43. The average molecular weight is 215 g/mol. The van der Waals surface area contributed by atoms with Crippen LogP contribution in [0.5, 0.6) is 0 Å². The van der Waals surface area contributed by atoms with E-state index in [0.29, 0.717) is 0 Å². The first kappa shape index (κ1) is 15.8. The number of carbonyl (C=O) groups is 3. The third-order valence-electron chi connectivity index (χ3n) is 1.29. The fourth-order valence-electron chi connectivity index (χ4n) is 0.714. The van der Waals surface area contributed by atoms with E-state index in [0.717, 1.165) is 0 Å². The van der Waals surface area contributed by atoms with Gasteiger partial charge < -0.3 is 20.4 Å². The maximum Gasteiger partial charge on any atom is 1.00 e. The Morgan fingerprint density at radius 1 is 0.929 bits per heavy atom. The van der Waals surface area contributed by atoms with Gasteiger partial charge in [0.2, 0.25) is 0 Å². The monoisotopic (exact) mass is 215 g/mol. The van der Waals surface area contributed by atoms with Crippen LogP contribution < -0.4 is 29.6 Å². The SMILES string of the molecule is O=C(O)CC(O)(CC(=O)O)C(=O)O.[Na+]. The van der Waals surface area contributed by atoms with E-state index in [2.05, 4.69) is 0 Å². The molecule has 0 bridgehead atoms. The molecule has 0 fully saturated rings. The van der Waals surface area contributed by atoms with Gasteiger partial charge in [-0.15, -0.1) is 0 Å². The largest absolute Gasteiger partial charge is 1.00 e. The van der Waals surface area contributed by atoms with Crippen LogP contribution in [0.2, 0.25) is 0 Å². The van der Waals surface area contributed by atoms with Crippen molar-refractivity contribution >= 4 is 17.9 Å². The van der Waals surface area contributed by atoms with Gasteiger partial charge in [-0.3, -0.25) is 9.59 Å². The summed E-state index contributed by atoms with van der Waals surface area (Å²) >= 11 is 0. The molecule has 0 rings (SSSR count). The first-order valence-electron chi connectivity index (χ1n) is 3.17. The van der Waals surface area contributed by atoms with Crippen LogP contribution >= 0.6 is 0 Å². The average Bonchev–Trinajstić information content (AvgIpc) is 1.82. The van der Waals surface area contributed by atoms with Crippen molar-refractivity contribution in [2.45, 2.75) is 18.4 Å². The van der Waals surface area contributed by atoms with E-state index in [4.69, 9.17) is 20.4 Å². The van der Waals surface area contributed by atoms with Gasteiger partial charge in [-0.1, -0.05) is 0 Å². The second-order valence-electron chi connectivity index (χ2n) is 2.48. The molecule has 4 N–H and O–H groups in total. The molecular weight excluding hydrogens is 207 g/mol. The summed E-state index contributed by atoms with van der Waals surface area (Å²) in [6.07, 6.45) is -2.29. The Morgan fingerprint density at radius 3 is 1.36 bits per heavy atom. The number of hydrogen-bond acceptors (Lipinski definition) is 4. The molecule has 8 heteroatoms. The predicted molar refractivity (Wildman–Crippen MR) is 37.1 cm³/mol. The Hall–Kier alpha value is -0.630. The van der Waals surface area contributed by atoms with Crippen molar-refractivity contribution in [1.29, 1.82) is 0 Å². The van der Waals surface area contributed by atoms with Gasteiger partial charge in [0.05, 0.1) is 12.8 Å². The molecule has 0 unspecified atom stereocenters. The van der Waals surface area contributed by atoms with Crippen LogP contribution in [0.25, 0.3) is 0 Å². The summed E-state index contributed by atoms with van der Waals surface area (Å²) in [5.74, 6) is -5.02. The molecule has 14 heavy (non-hydrogen) atoms. The smallest absolute Gasteiger partial charge is 0.481 e. The summed E-state index contributed by atoms with van der Waals surface area (Å²) < 4.78 is 0. The minimum atomic E-state index is -2.74. The fraction of sp³-hybridized carbons (Fsp3) is 0.500. The normalized spacial score (nSPS) is 10.1. The van der Waals surface area contributed by atoms with Gasteiger partial charge >= 0.3 is 47.5 Å². The quantitative estimate of drug-likeness (QED) is 0.341. The minimum Gasteiger partial charge on any atom is -0.481 e. The van der Waals surface area contributed by atoms with E-state index in [1.54, 1.807) is 0 Å². The second kappa shape index (κ2) is 5.97. The van der Waals surface area contributed by atoms with Crippen molar-refractivity contribution in [3.05, 3.63) is 0 Å². The first-order valence-corrected chi connectivity index (χ1v) is 3.17. The molecule has 7 nitrogen and oxygen atoms in total. The topological polar surface area (TPSA) is 132 Å². The molecule has 0 saturated carbocycles. The van der Waals surface area contributed by atoms with Crippen LogP contribution in [0.15, 0.2) is 0 Å². The summed E-state index contributed by atoms with van der Waals surface area (Å²) in [4.78, 5) is 30.5. The maximum atomic E-state index is 10.3. The Bertz CT molecular complexity index is 233. The summed E-state index contributed by atoms with van der Waals surface area (Å²) in [6.45, 7) is 0. The minimum absolute atomic E-state index is 0. The molecule has 0 heterocycles. The second-order valence-corrected chi connectivity index (χ2v) is 2.48. The standard InChI is InChI=1S/C6H8O7.Na/c7-3(8)1-6(13,5(11)12)2-4(9)10;/h13H,1-2H2,(H,7,8)(H,9,10)(H,11,12);/q;+1. The number of aliphatic carboxylic acids is 3. The van der Waals surface area contributed by atoms with Crippen molar-refractivity contribution in [2.75, 3.05) is 0 Å². The summed E-state index contributed by atoms with van der Waals surface area (Å²) in [7, 11) is 0. The van der Waals surface area contributed by atoms with E-state index in [-0.39, 0.29) is 29.6 Å². The summed E-state index contributed by atoms with van der Waals surface area (Å²) in [5, 5.41) is 33.8.